The third kappa shape index (κ3) is 7.46. The molecule has 3 aromatic carbocycles. The zero-order chi connectivity index (χ0) is 25.8. The van der Waals surface area contributed by atoms with Gasteiger partial charge in [0.15, 0.2) is 0 Å². The van der Waals surface area contributed by atoms with E-state index in [0.717, 1.165) is 47.5 Å². The van der Waals surface area contributed by atoms with Crippen molar-refractivity contribution in [3.8, 4) is 11.5 Å². The van der Waals surface area contributed by atoms with E-state index in [1.807, 2.05) is 56.3 Å². The average molecular weight is 488 g/mol. The number of phenolic OH excluding ortho intramolecular Hbond substituents is 1. The molecule has 0 amide bonds. The molecule has 1 atom stereocenters. The van der Waals surface area contributed by atoms with E-state index in [0.29, 0.717) is 12.5 Å². The molecule has 4 heteroatoms. The zero-order valence-electron chi connectivity index (χ0n) is 22.0. The van der Waals surface area contributed by atoms with Crippen molar-refractivity contribution in [2.75, 3.05) is 26.8 Å². The molecule has 0 bridgehead atoms. The molecule has 1 aliphatic heterocycles. The van der Waals surface area contributed by atoms with Crippen LogP contribution in [-0.4, -0.2) is 48.0 Å². The Balaban J connectivity index is 0.00000176. The second-order valence-corrected chi connectivity index (χ2v) is 9.03. The van der Waals surface area contributed by atoms with Crippen molar-refractivity contribution < 1.29 is 14.9 Å². The predicted octanol–water partition coefficient (Wildman–Crippen LogP) is 7.01. The molecule has 36 heavy (non-hydrogen) atoms. The first-order chi connectivity index (χ1) is 17.7. The number of aromatic hydroxyl groups is 1. The third-order valence-corrected chi connectivity index (χ3v) is 6.70. The summed E-state index contributed by atoms with van der Waals surface area (Å²) >= 11 is 0. The molecule has 1 heterocycles. The van der Waals surface area contributed by atoms with Crippen LogP contribution in [0, 0.1) is 0 Å². The van der Waals surface area contributed by atoms with Crippen LogP contribution in [0.25, 0.3) is 11.1 Å². The van der Waals surface area contributed by atoms with E-state index in [1.54, 1.807) is 12.1 Å². The van der Waals surface area contributed by atoms with E-state index in [9.17, 15) is 10.2 Å². The van der Waals surface area contributed by atoms with Gasteiger partial charge in [-0.1, -0.05) is 68.4 Å². The van der Waals surface area contributed by atoms with Crippen molar-refractivity contribution in [1.29, 1.82) is 0 Å². The Bertz CT molecular complexity index is 1060. The van der Waals surface area contributed by atoms with Gasteiger partial charge in [0.05, 0.1) is 6.61 Å². The van der Waals surface area contributed by atoms with Gasteiger partial charge in [0.1, 0.15) is 11.5 Å². The molecular weight excluding hydrogens is 446 g/mol. The number of likely N-dealkylation sites (tertiary alicyclic amines) is 1. The van der Waals surface area contributed by atoms with Crippen molar-refractivity contribution in [1.82, 2.24) is 4.90 Å². The highest BCUT2D eigenvalue weighted by molar-refractivity contribution is 5.98. The first kappa shape index (κ1) is 27.5. The number of phenols is 1. The molecule has 192 valence electrons. The van der Waals surface area contributed by atoms with Gasteiger partial charge in [-0.25, -0.2) is 0 Å². The molecule has 1 aliphatic rings. The van der Waals surface area contributed by atoms with Gasteiger partial charge in [-0.15, -0.1) is 0 Å². The van der Waals surface area contributed by atoms with E-state index in [1.165, 1.54) is 25.0 Å². The van der Waals surface area contributed by atoms with Crippen LogP contribution < -0.4 is 4.74 Å². The van der Waals surface area contributed by atoms with Crippen LogP contribution in [0.2, 0.25) is 0 Å². The minimum absolute atomic E-state index is 0.141. The summed E-state index contributed by atoms with van der Waals surface area (Å²) in [7, 11) is 2.20. The van der Waals surface area contributed by atoms with E-state index < -0.39 is 0 Å². The van der Waals surface area contributed by atoms with E-state index in [2.05, 4.69) is 36.2 Å². The van der Waals surface area contributed by atoms with E-state index in [4.69, 9.17) is 4.74 Å². The average Bonchev–Trinajstić information content (AvgIpc) is 3.34. The molecule has 1 fully saturated rings. The summed E-state index contributed by atoms with van der Waals surface area (Å²) in [6.07, 6.45) is 5.03. The van der Waals surface area contributed by atoms with E-state index in [-0.39, 0.29) is 12.4 Å². The van der Waals surface area contributed by atoms with Crippen LogP contribution in [0.15, 0.2) is 78.9 Å². The quantitative estimate of drug-likeness (QED) is 0.302. The summed E-state index contributed by atoms with van der Waals surface area (Å²) < 4.78 is 6.07. The summed E-state index contributed by atoms with van der Waals surface area (Å²) in [5.74, 6) is 1.13. The SMILES string of the molecule is CC.CN1CCCC1CCOc1ccc(/C(=C(/CCCO)c2ccccc2)c2ccc(O)cc2)cc1. The molecule has 0 saturated carbocycles. The monoisotopic (exact) mass is 487 g/mol. The van der Waals surface area contributed by atoms with Gasteiger partial charge in [-0.2, -0.15) is 0 Å². The Morgan fingerprint density at radius 1 is 0.889 bits per heavy atom. The second-order valence-electron chi connectivity index (χ2n) is 9.03. The lowest BCUT2D eigenvalue weighted by Gasteiger charge is -2.20. The Labute approximate surface area is 216 Å². The van der Waals surface area contributed by atoms with Gasteiger partial charge >= 0.3 is 0 Å². The Kier molecular flexibility index (Phi) is 11.1. The number of allylic oxidation sites excluding steroid dienone is 1. The highest BCUT2D eigenvalue weighted by Gasteiger charge is 2.20. The lowest BCUT2D eigenvalue weighted by molar-refractivity contribution is 0.233. The van der Waals surface area contributed by atoms with Gasteiger partial charge in [-0.05, 0) is 97.8 Å². The molecule has 4 rings (SSSR count). The highest BCUT2D eigenvalue weighted by atomic mass is 16.5. The minimum atomic E-state index is 0.141. The van der Waals surface area contributed by atoms with Crippen molar-refractivity contribution in [2.45, 2.75) is 52.0 Å². The van der Waals surface area contributed by atoms with Gasteiger partial charge in [0, 0.05) is 12.6 Å². The zero-order valence-corrected chi connectivity index (χ0v) is 22.0. The number of hydrogen-bond acceptors (Lipinski definition) is 4. The van der Waals surface area contributed by atoms with Crippen molar-refractivity contribution >= 4 is 11.1 Å². The summed E-state index contributed by atoms with van der Waals surface area (Å²) in [6.45, 7) is 6.05. The van der Waals surface area contributed by atoms with E-state index >= 15 is 0 Å². The van der Waals surface area contributed by atoms with Crippen LogP contribution >= 0.6 is 0 Å². The molecule has 3 aromatic rings. The van der Waals surface area contributed by atoms with Gasteiger partial charge in [0.2, 0.25) is 0 Å². The number of aliphatic hydroxyl groups excluding tert-OH is 1. The maximum Gasteiger partial charge on any atom is 0.119 e. The number of benzene rings is 3. The largest absolute Gasteiger partial charge is 0.508 e. The van der Waals surface area contributed by atoms with Crippen LogP contribution in [-0.2, 0) is 0 Å². The number of nitrogens with zero attached hydrogens (tertiary/aromatic N) is 1. The normalized spacial score (nSPS) is 16.2. The summed E-state index contributed by atoms with van der Waals surface area (Å²) in [5.41, 5.74) is 5.55. The fourth-order valence-corrected chi connectivity index (χ4v) is 4.83. The van der Waals surface area contributed by atoms with Crippen LogP contribution in [0.3, 0.4) is 0 Å². The van der Waals surface area contributed by atoms with Gasteiger partial charge in [0.25, 0.3) is 0 Å². The minimum Gasteiger partial charge on any atom is -0.508 e. The molecule has 0 radical (unpaired) electrons. The van der Waals surface area contributed by atoms with Crippen LogP contribution in [0.4, 0.5) is 0 Å². The topological polar surface area (TPSA) is 52.9 Å². The number of hydrogen-bond donors (Lipinski definition) is 2. The smallest absolute Gasteiger partial charge is 0.119 e. The first-order valence-electron chi connectivity index (χ1n) is 13.3. The van der Waals surface area contributed by atoms with Crippen molar-refractivity contribution in [2.24, 2.45) is 0 Å². The molecule has 0 aliphatic carbocycles. The Hall–Kier alpha value is -3.08. The van der Waals surface area contributed by atoms with Gasteiger partial charge < -0.3 is 19.8 Å². The second kappa shape index (κ2) is 14.5. The maximum atomic E-state index is 9.85. The molecule has 0 aromatic heterocycles. The molecular formula is C32H41NO3. The number of aliphatic hydroxyl groups is 1. The highest BCUT2D eigenvalue weighted by Crippen LogP contribution is 2.36. The molecule has 4 nitrogen and oxygen atoms in total. The number of ether oxygens (including phenoxy) is 1. The fraction of sp³-hybridized carbons (Fsp3) is 0.375. The Morgan fingerprint density at radius 3 is 2.11 bits per heavy atom. The lowest BCUT2D eigenvalue weighted by Crippen LogP contribution is -2.26. The molecule has 1 saturated heterocycles. The van der Waals surface area contributed by atoms with Gasteiger partial charge in [-0.3, -0.25) is 0 Å². The summed E-state index contributed by atoms with van der Waals surface area (Å²) in [6, 6.07) is 26.6. The lowest BCUT2D eigenvalue weighted by atomic mass is 9.87. The fourth-order valence-electron chi connectivity index (χ4n) is 4.83. The third-order valence-electron chi connectivity index (χ3n) is 6.70. The summed E-state index contributed by atoms with van der Waals surface area (Å²) in [5, 5.41) is 19.4. The molecule has 1 unspecified atom stereocenters. The standard InChI is InChI=1S/C30H35NO3.C2H6/c1-31-20-5-9-26(31)19-22-34-28-17-13-25(14-18-28)30(24-11-15-27(33)16-12-24)29(10-6-21-32)23-7-3-2-4-8-23;1-2/h2-4,7-8,11-18,26,32-33H,5-6,9-10,19-22H2,1H3;1-2H3/b30-29-;. The Morgan fingerprint density at radius 2 is 1.53 bits per heavy atom. The summed E-state index contributed by atoms with van der Waals surface area (Å²) in [4.78, 5) is 2.43. The molecule has 0 spiro atoms. The van der Waals surface area contributed by atoms with Crippen molar-refractivity contribution in [3.05, 3.63) is 95.6 Å². The number of rotatable bonds is 10. The predicted molar refractivity (Wildman–Crippen MR) is 150 cm³/mol. The maximum absolute atomic E-state index is 9.85. The molecule has 2 N–H and O–H groups in total. The van der Waals surface area contributed by atoms with Crippen LogP contribution in [0.5, 0.6) is 11.5 Å². The first-order valence-corrected chi connectivity index (χ1v) is 13.3. The van der Waals surface area contributed by atoms with Crippen LogP contribution in [0.1, 0.15) is 62.6 Å². The van der Waals surface area contributed by atoms with Crippen molar-refractivity contribution in [3.63, 3.8) is 0 Å².